The normalized spacial score (nSPS) is 27.8. The molecule has 2 amide bonds. The molecule has 4 N–H and O–H groups in total. The fourth-order valence-electron chi connectivity index (χ4n) is 6.69. The molecule has 0 aromatic heterocycles. The SMILES string of the molecule is CC(O)C(NC(=O)C1=CC2OC(C3CC3)(C3CC3)OC2C(OC(=O)c2ccc(C=CC(=O)OC3C(=O)OCC3(C)C)cc2)C1)C(=O)NCCO. The van der Waals surface area contributed by atoms with Crippen LogP contribution in [0.1, 0.15) is 68.8 Å². The summed E-state index contributed by atoms with van der Waals surface area (Å²) in [5.41, 5.74) is 0.401. The number of esters is 3. The van der Waals surface area contributed by atoms with Crippen LogP contribution >= 0.6 is 0 Å². The standard InChI is InChI=1S/C36H44N2O12/c1-19(40)28(32(43)37-14-15-39)38-31(42)22-16-25(29-26(17-22)49-36(50-29,23-9-10-23)24-11-12-24)47-33(44)21-7-4-20(5-8-21)6-13-27(41)48-30-34(45)46-18-35(30,2)3/h4-8,13,17,19,23-26,28-30,39-40H,9-12,14-16,18H2,1-3H3,(H,37,43)(H,38,42). The molecule has 50 heavy (non-hydrogen) atoms. The van der Waals surface area contributed by atoms with Gasteiger partial charge in [-0.15, -0.1) is 0 Å². The van der Waals surface area contributed by atoms with E-state index in [1.54, 1.807) is 32.1 Å². The molecule has 4 fully saturated rings. The number of fused-ring (bicyclic) bond motifs is 1. The molecule has 270 valence electrons. The number of amides is 2. The summed E-state index contributed by atoms with van der Waals surface area (Å²) in [6.07, 6.45) is 3.69. The minimum Gasteiger partial charge on any atom is -0.462 e. The van der Waals surface area contributed by atoms with Crippen molar-refractivity contribution in [1.29, 1.82) is 0 Å². The zero-order valence-electron chi connectivity index (χ0n) is 28.3. The molecule has 2 saturated heterocycles. The van der Waals surface area contributed by atoms with Crippen LogP contribution in [-0.2, 0) is 42.9 Å². The lowest BCUT2D eigenvalue weighted by molar-refractivity contribution is -0.209. The first-order chi connectivity index (χ1) is 23.8. The average molecular weight is 697 g/mol. The van der Waals surface area contributed by atoms with Gasteiger partial charge in [0.15, 0.2) is 5.79 Å². The van der Waals surface area contributed by atoms with Gasteiger partial charge in [-0.3, -0.25) is 9.59 Å². The molecular weight excluding hydrogens is 652 g/mol. The number of nitrogens with one attached hydrogen (secondary N) is 2. The maximum Gasteiger partial charge on any atom is 0.348 e. The van der Waals surface area contributed by atoms with Crippen LogP contribution in [0.15, 0.2) is 42.0 Å². The Labute approximate surface area is 289 Å². The highest BCUT2D eigenvalue weighted by molar-refractivity contribution is 5.98. The van der Waals surface area contributed by atoms with Crippen molar-refractivity contribution in [3.8, 4) is 0 Å². The smallest absolute Gasteiger partial charge is 0.348 e. The van der Waals surface area contributed by atoms with Crippen molar-refractivity contribution < 1.29 is 57.9 Å². The van der Waals surface area contributed by atoms with Gasteiger partial charge >= 0.3 is 17.9 Å². The molecule has 6 rings (SSSR count). The van der Waals surface area contributed by atoms with Gasteiger partial charge in [-0.05, 0) is 62.5 Å². The fraction of sp³-hybridized carbons (Fsp3) is 0.583. The summed E-state index contributed by atoms with van der Waals surface area (Å²) in [5.74, 6) is -3.60. The zero-order chi connectivity index (χ0) is 35.8. The van der Waals surface area contributed by atoms with E-state index in [0.29, 0.717) is 5.56 Å². The zero-order valence-corrected chi connectivity index (χ0v) is 28.3. The Morgan fingerprint density at radius 2 is 1.72 bits per heavy atom. The lowest BCUT2D eigenvalue weighted by Gasteiger charge is -2.31. The van der Waals surface area contributed by atoms with Gasteiger partial charge in [-0.1, -0.05) is 26.0 Å². The van der Waals surface area contributed by atoms with Crippen molar-refractivity contribution in [3.05, 3.63) is 53.1 Å². The van der Waals surface area contributed by atoms with E-state index >= 15 is 0 Å². The Hall–Kier alpha value is -4.11. The van der Waals surface area contributed by atoms with E-state index in [0.717, 1.165) is 25.7 Å². The summed E-state index contributed by atoms with van der Waals surface area (Å²) >= 11 is 0. The highest BCUT2D eigenvalue weighted by Gasteiger charge is 2.64. The number of cyclic esters (lactones) is 1. The predicted octanol–water partition coefficient (Wildman–Crippen LogP) is 1.32. The van der Waals surface area contributed by atoms with Gasteiger partial charge in [-0.2, -0.15) is 0 Å². The molecule has 0 bridgehead atoms. The number of hydrogen-bond acceptors (Lipinski definition) is 12. The first-order valence-corrected chi connectivity index (χ1v) is 17.1. The van der Waals surface area contributed by atoms with E-state index in [-0.39, 0.29) is 49.2 Å². The maximum absolute atomic E-state index is 13.5. The monoisotopic (exact) mass is 696 g/mol. The Balaban J connectivity index is 1.14. The van der Waals surface area contributed by atoms with Gasteiger partial charge < -0.3 is 44.5 Å². The van der Waals surface area contributed by atoms with E-state index in [1.807, 2.05) is 0 Å². The molecule has 5 aliphatic rings. The second-order valence-corrected chi connectivity index (χ2v) is 14.3. The van der Waals surface area contributed by atoms with Gasteiger partial charge in [0.2, 0.25) is 17.9 Å². The fourth-order valence-corrected chi connectivity index (χ4v) is 6.69. The van der Waals surface area contributed by atoms with Crippen LogP contribution in [0, 0.1) is 17.3 Å². The molecule has 0 spiro atoms. The van der Waals surface area contributed by atoms with E-state index in [9.17, 15) is 29.1 Å². The summed E-state index contributed by atoms with van der Waals surface area (Å²) in [7, 11) is 0. The van der Waals surface area contributed by atoms with Crippen LogP contribution in [0.3, 0.4) is 0 Å². The van der Waals surface area contributed by atoms with Gasteiger partial charge in [0.05, 0.1) is 18.3 Å². The third kappa shape index (κ3) is 7.63. The first kappa shape index (κ1) is 35.7. The molecule has 2 saturated carbocycles. The Kier molecular flexibility index (Phi) is 10.2. The molecule has 14 nitrogen and oxygen atoms in total. The largest absolute Gasteiger partial charge is 0.462 e. The maximum atomic E-state index is 13.5. The number of rotatable bonds is 13. The molecule has 2 aliphatic heterocycles. The van der Waals surface area contributed by atoms with Crippen molar-refractivity contribution in [1.82, 2.24) is 10.6 Å². The minimum atomic E-state index is -1.29. The van der Waals surface area contributed by atoms with Crippen LogP contribution < -0.4 is 10.6 Å². The van der Waals surface area contributed by atoms with E-state index in [2.05, 4.69) is 10.6 Å². The van der Waals surface area contributed by atoms with Crippen molar-refractivity contribution in [2.75, 3.05) is 19.8 Å². The molecule has 14 heteroatoms. The van der Waals surface area contributed by atoms with E-state index < -0.39 is 77.5 Å². The van der Waals surface area contributed by atoms with Crippen molar-refractivity contribution in [2.45, 2.75) is 95.2 Å². The third-order valence-corrected chi connectivity index (χ3v) is 9.73. The number of carbonyl (C=O) groups excluding carboxylic acids is 5. The minimum absolute atomic E-state index is 0.0213. The second kappa shape index (κ2) is 14.3. The van der Waals surface area contributed by atoms with Crippen LogP contribution in [0.4, 0.5) is 0 Å². The van der Waals surface area contributed by atoms with Crippen LogP contribution in [-0.4, -0.2) is 102 Å². The van der Waals surface area contributed by atoms with Crippen molar-refractivity contribution in [3.63, 3.8) is 0 Å². The number of ether oxygens (including phenoxy) is 5. The van der Waals surface area contributed by atoms with E-state index in [1.165, 1.54) is 31.2 Å². The molecule has 1 aromatic rings. The first-order valence-electron chi connectivity index (χ1n) is 17.1. The van der Waals surface area contributed by atoms with Gasteiger partial charge in [-0.25, -0.2) is 14.4 Å². The van der Waals surface area contributed by atoms with Gasteiger partial charge in [0.1, 0.15) is 31.0 Å². The Bertz CT molecular complexity index is 1550. The summed E-state index contributed by atoms with van der Waals surface area (Å²) in [5, 5.41) is 24.3. The summed E-state index contributed by atoms with van der Waals surface area (Å²) in [4.78, 5) is 63.9. The van der Waals surface area contributed by atoms with Crippen molar-refractivity contribution in [2.24, 2.45) is 17.3 Å². The lowest BCUT2D eigenvalue weighted by Crippen LogP contribution is -2.54. The van der Waals surface area contributed by atoms with E-state index in [4.69, 9.17) is 28.8 Å². The summed E-state index contributed by atoms with van der Waals surface area (Å²) < 4.78 is 29.5. The second-order valence-electron chi connectivity index (χ2n) is 14.3. The Morgan fingerprint density at radius 1 is 1.04 bits per heavy atom. The average Bonchev–Trinajstić information content (AvgIpc) is 4.03. The lowest BCUT2D eigenvalue weighted by atomic mass is 9.90. The molecule has 2 heterocycles. The summed E-state index contributed by atoms with van der Waals surface area (Å²) in [6.45, 7) is 4.73. The number of benzene rings is 1. The molecule has 6 unspecified atom stereocenters. The number of aliphatic hydroxyl groups excluding tert-OH is 2. The summed E-state index contributed by atoms with van der Waals surface area (Å²) in [6, 6.07) is 5.03. The molecule has 3 aliphatic carbocycles. The number of hydrogen-bond donors (Lipinski definition) is 4. The third-order valence-electron chi connectivity index (χ3n) is 9.73. The molecular formula is C36H44N2O12. The molecule has 1 aromatic carbocycles. The van der Waals surface area contributed by atoms with Crippen LogP contribution in [0.25, 0.3) is 6.08 Å². The van der Waals surface area contributed by atoms with Gasteiger partial charge in [0.25, 0.3) is 0 Å². The van der Waals surface area contributed by atoms with Gasteiger partial charge in [0, 0.05) is 41.9 Å². The topological polar surface area (TPSA) is 196 Å². The highest BCUT2D eigenvalue weighted by atomic mass is 16.8. The molecule has 6 atom stereocenters. The van der Waals surface area contributed by atoms with Crippen molar-refractivity contribution >= 4 is 35.8 Å². The van der Waals surface area contributed by atoms with Crippen LogP contribution in [0.2, 0.25) is 0 Å². The quantitative estimate of drug-likeness (QED) is 0.131. The number of carbonyl (C=O) groups is 5. The predicted molar refractivity (Wildman–Crippen MR) is 174 cm³/mol. The highest BCUT2D eigenvalue weighted by Crippen LogP contribution is 2.59. The number of aliphatic hydroxyl groups is 2. The Morgan fingerprint density at radius 3 is 2.30 bits per heavy atom. The molecule has 0 radical (unpaired) electrons. The van der Waals surface area contributed by atoms with Crippen LogP contribution in [0.5, 0.6) is 0 Å².